The normalized spacial score (nSPS) is 22.1. The van der Waals surface area contributed by atoms with Crippen LogP contribution in [0.15, 0.2) is 4.99 Å². The van der Waals surface area contributed by atoms with E-state index < -0.39 is 0 Å². The van der Waals surface area contributed by atoms with Crippen LogP contribution in [-0.4, -0.2) is 75.2 Å². The van der Waals surface area contributed by atoms with Crippen molar-refractivity contribution >= 4 is 5.96 Å². The standard InChI is InChI=1S/C21H43N5/c1-18(2)20(26-15-13-25(4)14-16-26)17-24-21(22-3)23-12-8-7-11-19-9-5-6-10-19/h18-20H,5-17H2,1-4H3,(H2,22,23,24). The molecular weight excluding hydrogens is 322 g/mol. The predicted octanol–water partition coefficient (Wildman–Crippen LogP) is 2.78. The minimum atomic E-state index is 0.574. The molecule has 0 amide bonds. The van der Waals surface area contributed by atoms with Crippen LogP contribution >= 0.6 is 0 Å². The van der Waals surface area contributed by atoms with Crippen LogP contribution in [0.4, 0.5) is 0 Å². The van der Waals surface area contributed by atoms with Gasteiger partial charge in [0.05, 0.1) is 0 Å². The van der Waals surface area contributed by atoms with E-state index in [9.17, 15) is 0 Å². The minimum absolute atomic E-state index is 0.574. The zero-order valence-electron chi connectivity index (χ0n) is 17.8. The largest absolute Gasteiger partial charge is 0.356 e. The molecule has 2 N–H and O–H groups in total. The quantitative estimate of drug-likeness (QED) is 0.375. The Balaban J connectivity index is 1.63. The lowest BCUT2D eigenvalue weighted by molar-refractivity contribution is 0.0900. The zero-order chi connectivity index (χ0) is 18.8. The Bertz CT molecular complexity index is 395. The first-order valence-electron chi connectivity index (χ1n) is 11.0. The first-order valence-corrected chi connectivity index (χ1v) is 11.0. The van der Waals surface area contributed by atoms with Gasteiger partial charge in [0.25, 0.3) is 0 Å². The maximum Gasteiger partial charge on any atom is 0.191 e. The van der Waals surface area contributed by atoms with Gasteiger partial charge in [-0.3, -0.25) is 9.89 Å². The Morgan fingerprint density at radius 1 is 1.04 bits per heavy atom. The van der Waals surface area contributed by atoms with E-state index in [1.165, 1.54) is 71.1 Å². The molecule has 26 heavy (non-hydrogen) atoms. The van der Waals surface area contributed by atoms with Crippen LogP contribution in [0.1, 0.15) is 58.8 Å². The van der Waals surface area contributed by atoms with E-state index in [0.717, 1.165) is 25.0 Å². The summed E-state index contributed by atoms with van der Waals surface area (Å²) < 4.78 is 0. The summed E-state index contributed by atoms with van der Waals surface area (Å²) in [4.78, 5) is 9.49. The highest BCUT2D eigenvalue weighted by atomic mass is 15.3. The molecule has 0 radical (unpaired) electrons. The van der Waals surface area contributed by atoms with Gasteiger partial charge in [-0.15, -0.1) is 0 Å². The van der Waals surface area contributed by atoms with Crippen LogP contribution in [0.25, 0.3) is 0 Å². The van der Waals surface area contributed by atoms with Crippen molar-refractivity contribution in [2.24, 2.45) is 16.8 Å². The Morgan fingerprint density at radius 2 is 1.73 bits per heavy atom. The highest BCUT2D eigenvalue weighted by molar-refractivity contribution is 5.79. The Morgan fingerprint density at radius 3 is 2.35 bits per heavy atom. The molecule has 1 heterocycles. The molecule has 5 heteroatoms. The van der Waals surface area contributed by atoms with Gasteiger partial charge in [0, 0.05) is 52.4 Å². The lowest BCUT2D eigenvalue weighted by Gasteiger charge is -2.40. The molecule has 2 aliphatic rings. The minimum Gasteiger partial charge on any atom is -0.356 e. The second kappa shape index (κ2) is 11.8. The average Bonchev–Trinajstić information content (AvgIpc) is 3.14. The molecule has 0 bridgehead atoms. The molecular formula is C21H43N5. The van der Waals surface area contributed by atoms with Crippen LogP contribution in [0, 0.1) is 11.8 Å². The van der Waals surface area contributed by atoms with Crippen LogP contribution in [0.2, 0.25) is 0 Å². The smallest absolute Gasteiger partial charge is 0.191 e. The first-order chi connectivity index (χ1) is 12.6. The number of unbranched alkanes of at least 4 members (excludes halogenated alkanes) is 1. The summed E-state index contributed by atoms with van der Waals surface area (Å²) in [6.45, 7) is 11.4. The maximum atomic E-state index is 4.42. The third-order valence-corrected chi connectivity index (χ3v) is 6.29. The molecule has 1 atom stereocenters. The van der Waals surface area contributed by atoms with E-state index in [2.05, 4.69) is 46.3 Å². The van der Waals surface area contributed by atoms with E-state index in [1.807, 2.05) is 7.05 Å². The summed E-state index contributed by atoms with van der Waals surface area (Å²) in [5.74, 6) is 2.63. The molecule has 1 saturated heterocycles. The van der Waals surface area contributed by atoms with Crippen molar-refractivity contribution in [2.75, 3.05) is 53.4 Å². The van der Waals surface area contributed by atoms with Crippen molar-refractivity contribution in [1.29, 1.82) is 0 Å². The monoisotopic (exact) mass is 365 g/mol. The molecule has 5 nitrogen and oxygen atoms in total. The summed E-state index contributed by atoms with van der Waals surface area (Å²) >= 11 is 0. The fraction of sp³-hybridized carbons (Fsp3) is 0.952. The predicted molar refractivity (Wildman–Crippen MR) is 113 cm³/mol. The van der Waals surface area contributed by atoms with Crippen molar-refractivity contribution in [3.05, 3.63) is 0 Å². The molecule has 0 aromatic carbocycles. The number of hydrogen-bond donors (Lipinski definition) is 2. The number of nitrogens with one attached hydrogen (secondary N) is 2. The second-order valence-corrected chi connectivity index (χ2v) is 8.68. The van der Waals surface area contributed by atoms with Crippen molar-refractivity contribution in [1.82, 2.24) is 20.4 Å². The first kappa shape index (κ1) is 21.5. The fourth-order valence-corrected chi connectivity index (χ4v) is 4.43. The van der Waals surface area contributed by atoms with Gasteiger partial charge >= 0.3 is 0 Å². The molecule has 0 spiro atoms. The Hall–Kier alpha value is -0.810. The van der Waals surface area contributed by atoms with Gasteiger partial charge in [-0.1, -0.05) is 52.4 Å². The second-order valence-electron chi connectivity index (χ2n) is 8.68. The number of nitrogens with zero attached hydrogens (tertiary/aromatic N) is 3. The number of hydrogen-bond acceptors (Lipinski definition) is 3. The van der Waals surface area contributed by atoms with Crippen molar-refractivity contribution in [3.63, 3.8) is 0 Å². The van der Waals surface area contributed by atoms with Gasteiger partial charge in [-0.25, -0.2) is 0 Å². The van der Waals surface area contributed by atoms with Crippen molar-refractivity contribution in [2.45, 2.75) is 64.8 Å². The Kier molecular flexibility index (Phi) is 9.76. The fourth-order valence-electron chi connectivity index (χ4n) is 4.43. The number of guanidine groups is 1. The average molecular weight is 366 g/mol. The number of likely N-dealkylation sites (N-methyl/N-ethyl adjacent to an activating group) is 1. The molecule has 1 saturated carbocycles. The number of aliphatic imine (C=N–C) groups is 1. The van der Waals surface area contributed by atoms with Gasteiger partial charge in [-0.2, -0.15) is 0 Å². The summed E-state index contributed by atoms with van der Waals surface area (Å²) in [5, 5.41) is 7.09. The van der Waals surface area contributed by atoms with Gasteiger partial charge in [0.1, 0.15) is 0 Å². The molecule has 0 aromatic heterocycles. The van der Waals surface area contributed by atoms with E-state index in [1.54, 1.807) is 0 Å². The van der Waals surface area contributed by atoms with Crippen LogP contribution in [-0.2, 0) is 0 Å². The molecule has 2 rings (SSSR count). The van der Waals surface area contributed by atoms with Crippen LogP contribution in [0.5, 0.6) is 0 Å². The summed E-state index contributed by atoms with van der Waals surface area (Å²) in [7, 11) is 4.10. The van der Waals surface area contributed by atoms with E-state index in [0.29, 0.717) is 12.0 Å². The summed E-state index contributed by atoms with van der Waals surface area (Å²) in [6, 6.07) is 0.574. The zero-order valence-corrected chi connectivity index (χ0v) is 17.8. The van der Waals surface area contributed by atoms with E-state index in [-0.39, 0.29) is 0 Å². The van der Waals surface area contributed by atoms with Crippen molar-refractivity contribution < 1.29 is 0 Å². The lowest BCUT2D eigenvalue weighted by Crippen LogP contribution is -2.55. The van der Waals surface area contributed by atoms with Gasteiger partial charge < -0.3 is 15.5 Å². The van der Waals surface area contributed by atoms with E-state index >= 15 is 0 Å². The molecule has 0 aromatic rings. The topological polar surface area (TPSA) is 42.9 Å². The van der Waals surface area contributed by atoms with Gasteiger partial charge in [-0.05, 0) is 25.3 Å². The number of rotatable bonds is 9. The molecule has 1 unspecified atom stereocenters. The number of piperazine rings is 1. The van der Waals surface area contributed by atoms with E-state index in [4.69, 9.17) is 0 Å². The molecule has 1 aliphatic heterocycles. The third kappa shape index (κ3) is 7.43. The maximum absolute atomic E-state index is 4.42. The highest BCUT2D eigenvalue weighted by Crippen LogP contribution is 2.28. The SMILES string of the molecule is CN=C(NCCCCC1CCCC1)NCC(C(C)C)N1CCN(C)CC1. The van der Waals surface area contributed by atoms with Crippen LogP contribution in [0.3, 0.4) is 0 Å². The van der Waals surface area contributed by atoms with Crippen LogP contribution < -0.4 is 10.6 Å². The summed E-state index contributed by atoms with van der Waals surface area (Å²) in [5.41, 5.74) is 0. The molecule has 2 fully saturated rings. The van der Waals surface area contributed by atoms with Gasteiger partial charge in [0.2, 0.25) is 0 Å². The third-order valence-electron chi connectivity index (χ3n) is 6.29. The van der Waals surface area contributed by atoms with Gasteiger partial charge in [0.15, 0.2) is 5.96 Å². The van der Waals surface area contributed by atoms with Crippen molar-refractivity contribution in [3.8, 4) is 0 Å². The summed E-state index contributed by atoms with van der Waals surface area (Å²) in [6.07, 6.45) is 9.90. The highest BCUT2D eigenvalue weighted by Gasteiger charge is 2.25. The molecule has 1 aliphatic carbocycles. The molecule has 152 valence electrons. The Labute approximate surface area is 162 Å². The lowest BCUT2D eigenvalue weighted by atomic mass is 10.0.